The molecular formula is C23H23ClN2O6S. The number of anilines is 1. The van der Waals surface area contributed by atoms with E-state index in [1.807, 2.05) is 6.07 Å². The first-order valence-electron chi connectivity index (χ1n) is 10.6. The number of carbonyl (C=O) groups excluding carboxylic acids is 2. The highest BCUT2D eigenvalue weighted by atomic mass is 35.5. The Morgan fingerprint density at radius 2 is 1.82 bits per heavy atom. The molecule has 1 N–H and O–H groups in total. The molecule has 0 bridgehead atoms. The SMILES string of the molecule is CC(OC(=O)c1cc2ccccc2o1)C(=O)Nc1cc(S(=O)(=O)N2CCCCC2)ccc1Cl. The van der Waals surface area contributed by atoms with Gasteiger partial charge in [-0.1, -0.05) is 36.2 Å². The Bertz CT molecular complexity index is 1260. The highest BCUT2D eigenvalue weighted by Crippen LogP contribution is 2.28. The number of furan rings is 1. The second kappa shape index (κ2) is 9.54. The molecule has 1 amide bonds. The van der Waals surface area contributed by atoms with Gasteiger partial charge in [0.1, 0.15) is 5.58 Å². The second-order valence-electron chi connectivity index (χ2n) is 7.79. The van der Waals surface area contributed by atoms with E-state index in [2.05, 4.69) is 5.32 Å². The highest BCUT2D eigenvalue weighted by molar-refractivity contribution is 7.89. The zero-order chi connectivity index (χ0) is 23.6. The molecule has 174 valence electrons. The van der Waals surface area contributed by atoms with Crippen LogP contribution in [0.1, 0.15) is 36.7 Å². The summed E-state index contributed by atoms with van der Waals surface area (Å²) in [4.78, 5) is 25.1. The van der Waals surface area contributed by atoms with Gasteiger partial charge in [-0.3, -0.25) is 4.79 Å². The monoisotopic (exact) mass is 490 g/mol. The normalized spacial score (nSPS) is 15.8. The molecule has 0 spiro atoms. The molecule has 8 nitrogen and oxygen atoms in total. The van der Waals surface area contributed by atoms with Crippen LogP contribution in [0.15, 0.2) is 57.8 Å². The minimum atomic E-state index is -3.70. The van der Waals surface area contributed by atoms with Crippen molar-refractivity contribution in [3.05, 3.63) is 59.3 Å². The van der Waals surface area contributed by atoms with Gasteiger partial charge in [0.05, 0.1) is 15.6 Å². The number of piperidine rings is 1. The van der Waals surface area contributed by atoms with E-state index in [9.17, 15) is 18.0 Å². The summed E-state index contributed by atoms with van der Waals surface area (Å²) in [5.41, 5.74) is 0.645. The van der Waals surface area contributed by atoms with Crippen LogP contribution in [0.3, 0.4) is 0 Å². The number of benzene rings is 2. The summed E-state index contributed by atoms with van der Waals surface area (Å²) in [6.45, 7) is 2.32. The van der Waals surface area contributed by atoms with Crippen LogP contribution in [-0.4, -0.2) is 43.8 Å². The van der Waals surface area contributed by atoms with Gasteiger partial charge in [0.15, 0.2) is 6.10 Å². The van der Waals surface area contributed by atoms with E-state index in [0.29, 0.717) is 18.7 Å². The number of rotatable bonds is 6. The summed E-state index contributed by atoms with van der Waals surface area (Å²) in [5, 5.41) is 3.45. The molecule has 1 aliphatic rings. The van der Waals surface area contributed by atoms with Crippen molar-refractivity contribution in [1.29, 1.82) is 0 Å². The number of amides is 1. The number of fused-ring (bicyclic) bond motifs is 1. The summed E-state index contributed by atoms with van der Waals surface area (Å²) in [7, 11) is -3.70. The summed E-state index contributed by atoms with van der Waals surface area (Å²) < 4.78 is 38.0. The fourth-order valence-electron chi connectivity index (χ4n) is 3.60. The van der Waals surface area contributed by atoms with Crippen LogP contribution in [-0.2, 0) is 19.6 Å². The minimum absolute atomic E-state index is 0.0245. The number of hydrogen-bond donors (Lipinski definition) is 1. The molecule has 0 radical (unpaired) electrons. The van der Waals surface area contributed by atoms with Gasteiger partial charge >= 0.3 is 5.97 Å². The Hall–Kier alpha value is -2.88. The number of esters is 1. The van der Waals surface area contributed by atoms with Crippen molar-refractivity contribution < 1.29 is 27.2 Å². The Morgan fingerprint density at radius 1 is 1.09 bits per heavy atom. The maximum atomic E-state index is 12.9. The van der Waals surface area contributed by atoms with E-state index in [1.165, 1.54) is 35.5 Å². The number of sulfonamides is 1. The van der Waals surface area contributed by atoms with Crippen LogP contribution in [0, 0.1) is 0 Å². The Kier molecular flexibility index (Phi) is 6.73. The van der Waals surface area contributed by atoms with E-state index >= 15 is 0 Å². The molecule has 10 heteroatoms. The zero-order valence-corrected chi connectivity index (χ0v) is 19.5. The summed E-state index contributed by atoms with van der Waals surface area (Å²) in [6.07, 6.45) is 1.44. The summed E-state index contributed by atoms with van der Waals surface area (Å²) in [6, 6.07) is 12.8. The fraction of sp³-hybridized carbons (Fsp3) is 0.304. The van der Waals surface area contributed by atoms with Gasteiger partial charge in [-0.25, -0.2) is 13.2 Å². The van der Waals surface area contributed by atoms with Crippen LogP contribution < -0.4 is 5.32 Å². The number of ether oxygens (including phenoxy) is 1. The van der Waals surface area contributed by atoms with E-state index in [1.54, 1.807) is 18.2 Å². The van der Waals surface area contributed by atoms with Crippen LogP contribution in [0.25, 0.3) is 11.0 Å². The molecule has 1 atom stereocenters. The third-order valence-corrected chi connectivity index (χ3v) is 7.65. The van der Waals surface area contributed by atoms with Gasteiger partial charge < -0.3 is 14.5 Å². The molecule has 1 unspecified atom stereocenters. The van der Waals surface area contributed by atoms with Gasteiger partial charge in [0.25, 0.3) is 5.91 Å². The zero-order valence-electron chi connectivity index (χ0n) is 17.9. The van der Waals surface area contributed by atoms with Crippen LogP contribution in [0.4, 0.5) is 5.69 Å². The van der Waals surface area contributed by atoms with Crippen molar-refractivity contribution in [2.45, 2.75) is 37.2 Å². The first-order chi connectivity index (χ1) is 15.8. The van der Waals surface area contributed by atoms with Crippen molar-refractivity contribution >= 4 is 50.2 Å². The van der Waals surface area contributed by atoms with Crippen molar-refractivity contribution in [2.75, 3.05) is 18.4 Å². The fourth-order valence-corrected chi connectivity index (χ4v) is 5.31. The molecule has 2 heterocycles. The molecule has 1 aliphatic heterocycles. The lowest BCUT2D eigenvalue weighted by Crippen LogP contribution is -2.35. The number of hydrogen-bond acceptors (Lipinski definition) is 6. The minimum Gasteiger partial charge on any atom is -0.449 e. The summed E-state index contributed by atoms with van der Waals surface area (Å²) >= 11 is 6.18. The predicted molar refractivity (Wildman–Crippen MR) is 124 cm³/mol. The van der Waals surface area contributed by atoms with Gasteiger partial charge in [-0.2, -0.15) is 4.31 Å². The molecule has 0 saturated carbocycles. The molecule has 4 rings (SSSR count). The Balaban J connectivity index is 1.46. The lowest BCUT2D eigenvalue weighted by molar-refractivity contribution is -0.123. The van der Waals surface area contributed by atoms with Crippen molar-refractivity contribution in [3.8, 4) is 0 Å². The lowest BCUT2D eigenvalue weighted by Gasteiger charge is -2.26. The Morgan fingerprint density at radius 3 is 2.55 bits per heavy atom. The molecule has 0 aliphatic carbocycles. The van der Waals surface area contributed by atoms with Gasteiger partial charge in [0.2, 0.25) is 15.8 Å². The van der Waals surface area contributed by atoms with Crippen LogP contribution >= 0.6 is 11.6 Å². The average Bonchev–Trinajstić information content (AvgIpc) is 3.25. The van der Waals surface area contributed by atoms with Crippen molar-refractivity contribution in [1.82, 2.24) is 4.31 Å². The van der Waals surface area contributed by atoms with E-state index in [0.717, 1.165) is 24.6 Å². The van der Waals surface area contributed by atoms with Crippen molar-refractivity contribution in [3.63, 3.8) is 0 Å². The van der Waals surface area contributed by atoms with E-state index in [-0.39, 0.29) is 21.4 Å². The molecule has 1 aromatic heterocycles. The van der Waals surface area contributed by atoms with Crippen molar-refractivity contribution in [2.24, 2.45) is 0 Å². The van der Waals surface area contributed by atoms with E-state index < -0.39 is 28.0 Å². The second-order valence-corrected chi connectivity index (χ2v) is 10.1. The number of para-hydroxylation sites is 1. The number of halogens is 1. The number of nitrogens with one attached hydrogen (secondary N) is 1. The maximum Gasteiger partial charge on any atom is 0.375 e. The highest BCUT2D eigenvalue weighted by Gasteiger charge is 2.27. The van der Waals surface area contributed by atoms with Crippen LogP contribution in [0.2, 0.25) is 5.02 Å². The summed E-state index contributed by atoms with van der Waals surface area (Å²) in [5.74, 6) is -1.47. The molecule has 33 heavy (non-hydrogen) atoms. The molecule has 2 aromatic carbocycles. The largest absolute Gasteiger partial charge is 0.449 e. The first-order valence-corrected chi connectivity index (χ1v) is 12.4. The Labute approximate surface area is 196 Å². The predicted octanol–water partition coefficient (Wildman–Crippen LogP) is 4.44. The standard InChI is InChI=1S/C23H23ClN2O6S/c1-15(31-23(28)21-13-16-7-3-4-8-20(16)32-21)22(27)25-19-14-17(9-10-18(19)24)33(29,30)26-11-5-2-6-12-26/h3-4,7-10,13-15H,2,5-6,11-12H2,1H3,(H,25,27). The third kappa shape index (κ3) is 5.05. The third-order valence-electron chi connectivity index (χ3n) is 5.43. The number of nitrogens with zero attached hydrogens (tertiary/aromatic N) is 1. The smallest absolute Gasteiger partial charge is 0.375 e. The quantitative estimate of drug-likeness (QED) is 0.512. The van der Waals surface area contributed by atoms with Gasteiger partial charge in [-0.05, 0) is 50.1 Å². The van der Waals surface area contributed by atoms with Crippen LogP contribution in [0.5, 0.6) is 0 Å². The lowest BCUT2D eigenvalue weighted by atomic mass is 10.2. The molecule has 3 aromatic rings. The number of carbonyl (C=O) groups is 2. The topological polar surface area (TPSA) is 106 Å². The van der Waals surface area contributed by atoms with Gasteiger partial charge in [-0.15, -0.1) is 0 Å². The first kappa shape index (κ1) is 23.3. The van der Waals surface area contributed by atoms with Gasteiger partial charge in [0, 0.05) is 18.5 Å². The van der Waals surface area contributed by atoms with E-state index in [4.69, 9.17) is 20.8 Å². The molecule has 1 saturated heterocycles. The molecular weight excluding hydrogens is 468 g/mol. The maximum absolute atomic E-state index is 12.9. The average molecular weight is 491 g/mol. The molecule has 1 fully saturated rings.